The molecule has 4 aromatic rings. The molecule has 4 amide bonds. The molecule has 4 saturated heterocycles. The number of likely N-dealkylation sites (tertiary alicyclic amines) is 2. The maximum atomic E-state index is 13.4. The Kier molecular flexibility index (Phi) is 13.8. The Morgan fingerprint density at radius 3 is 1.43 bits per heavy atom. The number of rotatable bonds is 11. The van der Waals surface area contributed by atoms with Gasteiger partial charge < -0.3 is 39.1 Å². The number of nitrogens with zero attached hydrogens (tertiary/aromatic N) is 4. The molecule has 6 heterocycles. The molecule has 0 saturated carbocycles. The topological polar surface area (TPSA) is 234 Å². The largest absolute Gasteiger partial charge is 0.465 e. The van der Waals surface area contributed by atoms with Crippen LogP contribution in [0.4, 0.5) is 9.59 Å². The summed E-state index contributed by atoms with van der Waals surface area (Å²) in [5, 5.41) is 23.1. The van der Waals surface area contributed by atoms with E-state index in [4.69, 9.17) is 28.9 Å². The molecule has 0 radical (unpaired) electrons. The average Bonchev–Trinajstić information content (AvgIpc) is 4.04. The van der Waals surface area contributed by atoms with Crippen LogP contribution in [0.25, 0.3) is 33.6 Å². The number of aromatic nitrogens is 4. The molecule has 0 unspecified atom stereocenters. The summed E-state index contributed by atoms with van der Waals surface area (Å²) in [5.41, 5.74) is 7.49. The van der Waals surface area contributed by atoms with E-state index in [-0.39, 0.29) is 49.3 Å². The maximum absolute atomic E-state index is 13.4. The molecule has 6 N–H and O–H groups in total. The van der Waals surface area contributed by atoms with E-state index in [0.29, 0.717) is 30.2 Å². The van der Waals surface area contributed by atoms with Crippen LogP contribution in [0, 0.1) is 25.7 Å². The number of hydrogen-bond acceptors (Lipinski definition) is 12. The van der Waals surface area contributed by atoms with Gasteiger partial charge in [-0.1, -0.05) is 64.1 Å². The van der Waals surface area contributed by atoms with Gasteiger partial charge >= 0.3 is 12.2 Å². The van der Waals surface area contributed by atoms with E-state index >= 15 is 0 Å². The van der Waals surface area contributed by atoms with Gasteiger partial charge in [-0.2, -0.15) is 0 Å². The molecule has 4 aliphatic rings. The van der Waals surface area contributed by atoms with Gasteiger partial charge in [0, 0.05) is 36.4 Å². The minimum absolute atomic E-state index is 0.0615. The molecule has 2 aromatic heterocycles. The van der Waals surface area contributed by atoms with E-state index in [1.54, 1.807) is 0 Å². The zero-order chi connectivity index (χ0) is 49.0. The third kappa shape index (κ3) is 9.84. The molecule has 2 spiro atoms. The van der Waals surface area contributed by atoms with Crippen LogP contribution in [0.2, 0.25) is 0 Å². The fourth-order valence-corrected chi connectivity index (χ4v) is 11.4. The Labute approximate surface area is 396 Å². The Balaban J connectivity index is 1.03. The van der Waals surface area contributed by atoms with Crippen molar-refractivity contribution < 1.29 is 48.3 Å². The third-order valence-electron chi connectivity index (χ3n) is 14.0. The second-order valence-electron chi connectivity index (χ2n) is 20.1. The van der Waals surface area contributed by atoms with Gasteiger partial charge in [0.15, 0.2) is 11.6 Å². The SMILES string of the molecule is Cc1c(-c2ccc(-c3c[nH]c([C@@H]4CC5(CN4[C@H](C(=O)NC(=O)O)C(C)C)O[C@@H](C)C[C@H](C)O5)n3)cc2)ccc(-c2c[nH]c([C@@H]3CC4(CN3[C@H](C(=O)NC(=O)O)C(C)C)O[C@@H](C)C[C@H](C)O4)n2)c1C. The highest BCUT2D eigenvalue weighted by Crippen LogP contribution is 2.48. The number of H-pyrrole nitrogens is 2. The molecule has 4 aliphatic heterocycles. The summed E-state index contributed by atoms with van der Waals surface area (Å²) in [4.78, 5) is 70.9. The number of amides is 4. The fourth-order valence-electron chi connectivity index (χ4n) is 11.4. The van der Waals surface area contributed by atoms with E-state index in [9.17, 15) is 29.4 Å². The fraction of sp³-hybridized carbons (Fsp3) is 0.560. The number of imide groups is 2. The molecule has 68 heavy (non-hydrogen) atoms. The molecule has 8 rings (SSSR count). The van der Waals surface area contributed by atoms with E-state index in [0.717, 1.165) is 51.9 Å². The van der Waals surface area contributed by atoms with Crippen molar-refractivity contribution in [3.05, 3.63) is 71.6 Å². The van der Waals surface area contributed by atoms with E-state index in [1.807, 2.05) is 89.7 Å². The standard InChI is InChI=1S/C50H66N8O10/c1-25(2)41(45(59)55-47(61)62)57-23-49(65-27(5)17-28(6)66-49)19-39(57)43-51-21-37(53-43)34-13-11-33(12-14-34)35-15-16-36(32(10)31(35)9)38-22-52-44(54-38)40-20-50(67-29(7)18-30(8)68-50)24-58(40)42(26(3)4)46(60)56-48(63)64/h11-16,21-22,25-30,39-42H,17-20,23-24H2,1-10H3,(H,51,53)(H,52,54)(H,55,59)(H,56,60)(H,61,62)(H,63,64)/t27-,28-,29-,30-,39-,40-,41-,42-/m0/s1. The number of nitrogens with one attached hydrogen (secondary N) is 4. The lowest BCUT2D eigenvalue weighted by molar-refractivity contribution is -0.304. The van der Waals surface area contributed by atoms with Crippen LogP contribution in [0.3, 0.4) is 0 Å². The number of hydrogen-bond donors (Lipinski definition) is 6. The number of ether oxygens (including phenoxy) is 4. The first-order chi connectivity index (χ1) is 32.1. The molecule has 2 aromatic carbocycles. The summed E-state index contributed by atoms with van der Waals surface area (Å²) >= 11 is 0. The average molecular weight is 939 g/mol. The van der Waals surface area contributed by atoms with Crippen molar-refractivity contribution in [2.75, 3.05) is 13.1 Å². The third-order valence-corrected chi connectivity index (χ3v) is 14.0. The van der Waals surface area contributed by atoms with Crippen molar-refractivity contribution in [3.63, 3.8) is 0 Å². The Morgan fingerprint density at radius 1 is 0.618 bits per heavy atom. The first-order valence-electron chi connectivity index (χ1n) is 23.8. The highest BCUT2D eigenvalue weighted by molar-refractivity contribution is 5.95. The van der Waals surface area contributed by atoms with Crippen LogP contribution < -0.4 is 10.6 Å². The number of carbonyl (C=O) groups excluding carboxylic acids is 2. The molecular weight excluding hydrogens is 873 g/mol. The monoisotopic (exact) mass is 938 g/mol. The van der Waals surface area contributed by atoms with Crippen LogP contribution >= 0.6 is 0 Å². The smallest absolute Gasteiger partial charge is 0.411 e. The van der Waals surface area contributed by atoms with Crippen molar-refractivity contribution in [3.8, 4) is 33.6 Å². The van der Waals surface area contributed by atoms with Crippen LogP contribution in [-0.2, 0) is 28.5 Å². The molecule has 4 fully saturated rings. The number of aromatic amines is 2. The van der Waals surface area contributed by atoms with Gasteiger partial charge in [0.05, 0.1) is 73.1 Å². The molecule has 18 heteroatoms. The Bertz CT molecular complexity index is 2500. The second kappa shape index (κ2) is 19.1. The highest BCUT2D eigenvalue weighted by Gasteiger charge is 2.56. The lowest BCUT2D eigenvalue weighted by Gasteiger charge is -2.41. The Hall–Kier alpha value is -5.50. The maximum Gasteiger partial charge on any atom is 0.411 e. The van der Waals surface area contributed by atoms with Crippen molar-refractivity contribution in [1.29, 1.82) is 0 Å². The number of imidazole rings is 2. The highest BCUT2D eigenvalue weighted by atomic mass is 16.7. The molecular formula is C50H66N8O10. The normalized spacial score (nSPS) is 28.6. The summed E-state index contributed by atoms with van der Waals surface area (Å²) in [6, 6.07) is 9.92. The minimum Gasteiger partial charge on any atom is -0.465 e. The number of carboxylic acid groups (broad SMARTS) is 2. The molecule has 18 nitrogen and oxygen atoms in total. The van der Waals surface area contributed by atoms with Gasteiger partial charge in [-0.05, 0) is 88.5 Å². The van der Waals surface area contributed by atoms with Crippen molar-refractivity contribution in [2.24, 2.45) is 11.8 Å². The molecule has 366 valence electrons. The second-order valence-corrected chi connectivity index (χ2v) is 20.1. The molecule has 0 bridgehead atoms. The van der Waals surface area contributed by atoms with E-state index < -0.39 is 59.7 Å². The predicted octanol–water partition coefficient (Wildman–Crippen LogP) is 7.70. The number of benzene rings is 2. The minimum atomic E-state index is -1.41. The first-order valence-corrected chi connectivity index (χ1v) is 23.8. The van der Waals surface area contributed by atoms with Crippen LogP contribution in [0.1, 0.15) is 116 Å². The van der Waals surface area contributed by atoms with Crippen LogP contribution in [-0.4, -0.2) is 125 Å². The van der Waals surface area contributed by atoms with Gasteiger partial charge in [0.25, 0.3) is 0 Å². The van der Waals surface area contributed by atoms with Gasteiger partial charge in [-0.25, -0.2) is 19.6 Å². The van der Waals surface area contributed by atoms with Crippen molar-refractivity contribution >= 4 is 24.0 Å². The van der Waals surface area contributed by atoms with Crippen LogP contribution in [0.5, 0.6) is 0 Å². The molecule has 8 atom stereocenters. The summed E-state index contributed by atoms with van der Waals surface area (Å²) < 4.78 is 25.9. The quantitative estimate of drug-likeness (QED) is 0.0846. The lowest BCUT2D eigenvalue weighted by Crippen LogP contribution is -2.54. The summed E-state index contributed by atoms with van der Waals surface area (Å²) in [6.07, 6.45) is 2.94. The predicted molar refractivity (Wildman–Crippen MR) is 251 cm³/mol. The first kappa shape index (κ1) is 48.9. The Morgan fingerprint density at radius 2 is 1.00 bits per heavy atom. The number of carbonyl (C=O) groups is 4. The summed E-state index contributed by atoms with van der Waals surface area (Å²) in [6.45, 7) is 20.3. The van der Waals surface area contributed by atoms with Crippen molar-refractivity contribution in [1.82, 2.24) is 40.4 Å². The van der Waals surface area contributed by atoms with E-state index in [2.05, 4.69) is 58.7 Å². The lowest BCUT2D eigenvalue weighted by atomic mass is 9.92. The summed E-state index contributed by atoms with van der Waals surface area (Å²) in [7, 11) is 0. The zero-order valence-electron chi connectivity index (χ0n) is 40.6. The zero-order valence-corrected chi connectivity index (χ0v) is 40.6. The van der Waals surface area contributed by atoms with E-state index in [1.165, 1.54) is 0 Å². The van der Waals surface area contributed by atoms with Gasteiger partial charge in [-0.15, -0.1) is 0 Å². The van der Waals surface area contributed by atoms with Gasteiger partial charge in [0.1, 0.15) is 11.6 Å². The molecule has 0 aliphatic carbocycles. The van der Waals surface area contributed by atoms with Gasteiger partial charge in [0.2, 0.25) is 11.8 Å². The van der Waals surface area contributed by atoms with Crippen LogP contribution in [0.15, 0.2) is 48.8 Å². The summed E-state index contributed by atoms with van der Waals surface area (Å²) in [5.74, 6) is -2.40. The van der Waals surface area contributed by atoms with Gasteiger partial charge in [-0.3, -0.25) is 30.0 Å². The van der Waals surface area contributed by atoms with Crippen molar-refractivity contribution in [2.45, 2.75) is 155 Å².